The Labute approximate surface area is 144 Å². The number of guanidine groups is 1. The van der Waals surface area contributed by atoms with Gasteiger partial charge in [-0.2, -0.15) is 0 Å². The number of aliphatic carboxylic acids is 1. The molecule has 0 heterocycles. The smallest absolute Gasteiger partial charge is 0.407 e. The van der Waals surface area contributed by atoms with E-state index in [4.69, 9.17) is 15.6 Å². The zero-order chi connectivity index (χ0) is 19.6. The summed E-state index contributed by atoms with van der Waals surface area (Å²) in [5, 5.41) is 35.6. The highest BCUT2D eigenvalue weighted by molar-refractivity contribution is 5.77. The Balaban J connectivity index is 4.61. The van der Waals surface area contributed by atoms with Gasteiger partial charge in [-0.1, -0.05) is 0 Å². The fourth-order valence-corrected chi connectivity index (χ4v) is 1.80. The number of hydrogen-bond donors (Lipinski definition) is 5. The summed E-state index contributed by atoms with van der Waals surface area (Å²) < 4.78 is 5.07. The standard InChI is InChI=1S/C13H25N5O7/c1-13(2,3)25-12(22)16-8(9(19)7-10(20)21)5-4-6-15-11(14)17-18(23)24/h8-9,19H,4-7H2,1-3H3,(H,16,22)(H,20,21)(H3,14,15,17). The number of carbonyl (C=O) groups excluding carboxylic acids is 1. The number of nitrogens with two attached hydrogens (primary N) is 1. The number of carboxylic acid groups (broad SMARTS) is 1. The van der Waals surface area contributed by atoms with Gasteiger partial charge in [-0.3, -0.25) is 4.79 Å². The molecule has 25 heavy (non-hydrogen) atoms. The van der Waals surface area contributed by atoms with E-state index in [0.717, 1.165) is 0 Å². The maximum Gasteiger partial charge on any atom is 0.407 e. The van der Waals surface area contributed by atoms with Crippen molar-refractivity contribution >= 4 is 18.0 Å². The van der Waals surface area contributed by atoms with Crippen LogP contribution in [-0.4, -0.2) is 57.6 Å². The van der Waals surface area contributed by atoms with Gasteiger partial charge in [0.15, 0.2) is 5.03 Å². The van der Waals surface area contributed by atoms with Crippen molar-refractivity contribution in [3.05, 3.63) is 10.1 Å². The highest BCUT2D eigenvalue weighted by Gasteiger charge is 2.26. The van der Waals surface area contributed by atoms with Gasteiger partial charge in [-0.15, -0.1) is 0 Å². The second-order valence-corrected chi connectivity index (χ2v) is 6.21. The average Bonchev–Trinajstić information content (AvgIpc) is 2.38. The Bertz CT molecular complexity index is 503. The van der Waals surface area contributed by atoms with Crippen LogP contribution in [0.1, 0.15) is 40.0 Å². The maximum atomic E-state index is 11.8. The van der Waals surface area contributed by atoms with E-state index >= 15 is 0 Å². The van der Waals surface area contributed by atoms with E-state index in [1.807, 2.05) is 0 Å². The van der Waals surface area contributed by atoms with Gasteiger partial charge in [0.2, 0.25) is 0 Å². The lowest BCUT2D eigenvalue weighted by molar-refractivity contribution is -0.485. The van der Waals surface area contributed by atoms with Gasteiger partial charge in [-0.05, 0) is 33.6 Å². The molecule has 0 rings (SSSR count). The third-order valence-electron chi connectivity index (χ3n) is 2.74. The molecular formula is C13H25N5O7. The molecule has 0 saturated heterocycles. The third kappa shape index (κ3) is 12.5. The van der Waals surface area contributed by atoms with Crippen molar-refractivity contribution in [1.82, 2.24) is 10.6 Å². The summed E-state index contributed by atoms with van der Waals surface area (Å²) in [6.45, 7) is 5.17. The molecule has 12 heteroatoms. The number of aliphatic hydroxyl groups is 1. The van der Waals surface area contributed by atoms with Crippen LogP contribution in [0, 0.1) is 10.1 Å². The van der Waals surface area contributed by atoms with Crippen LogP contribution < -0.4 is 16.4 Å². The molecule has 0 aromatic rings. The first-order chi connectivity index (χ1) is 11.4. The summed E-state index contributed by atoms with van der Waals surface area (Å²) in [6.07, 6.45) is -2.16. The predicted molar refractivity (Wildman–Crippen MR) is 87.3 cm³/mol. The molecule has 12 nitrogen and oxygen atoms in total. The van der Waals surface area contributed by atoms with Gasteiger partial charge < -0.3 is 31.3 Å². The highest BCUT2D eigenvalue weighted by Crippen LogP contribution is 2.10. The maximum absolute atomic E-state index is 11.8. The Hall–Kier alpha value is -2.63. The van der Waals surface area contributed by atoms with E-state index in [-0.39, 0.29) is 18.9 Å². The molecule has 0 aromatic heterocycles. The van der Waals surface area contributed by atoms with Crippen molar-refractivity contribution in [3.63, 3.8) is 0 Å². The first kappa shape index (κ1) is 22.4. The fourth-order valence-electron chi connectivity index (χ4n) is 1.80. The first-order valence-corrected chi connectivity index (χ1v) is 7.52. The lowest BCUT2D eigenvalue weighted by Gasteiger charge is -2.26. The van der Waals surface area contributed by atoms with Gasteiger partial charge in [0.05, 0.1) is 18.6 Å². The van der Waals surface area contributed by atoms with Gasteiger partial charge in [0.1, 0.15) is 10.7 Å². The van der Waals surface area contributed by atoms with E-state index in [9.17, 15) is 24.8 Å². The summed E-state index contributed by atoms with van der Waals surface area (Å²) >= 11 is 0. The molecule has 0 spiro atoms. The van der Waals surface area contributed by atoms with E-state index in [0.29, 0.717) is 6.42 Å². The van der Waals surface area contributed by atoms with Crippen LogP contribution in [0.25, 0.3) is 0 Å². The third-order valence-corrected chi connectivity index (χ3v) is 2.74. The first-order valence-electron chi connectivity index (χ1n) is 7.52. The number of ether oxygens (including phenoxy) is 1. The minimum Gasteiger partial charge on any atom is -0.481 e. The second kappa shape index (κ2) is 10.3. The molecule has 2 atom stereocenters. The number of hydrazone groups is 1. The Morgan fingerprint density at radius 3 is 2.48 bits per heavy atom. The number of nitro groups is 1. The van der Waals surface area contributed by atoms with Gasteiger partial charge in [-0.25, -0.2) is 14.9 Å². The number of carbonyl (C=O) groups is 2. The molecule has 0 aromatic carbocycles. The number of amides is 1. The lowest BCUT2D eigenvalue weighted by Crippen LogP contribution is -2.46. The largest absolute Gasteiger partial charge is 0.481 e. The summed E-state index contributed by atoms with van der Waals surface area (Å²) in [4.78, 5) is 32.7. The van der Waals surface area contributed by atoms with Crippen LogP contribution in [0.3, 0.4) is 0 Å². The van der Waals surface area contributed by atoms with Crippen molar-refractivity contribution in [2.45, 2.75) is 57.8 Å². The zero-order valence-corrected chi connectivity index (χ0v) is 14.4. The summed E-state index contributed by atoms with van der Waals surface area (Å²) in [5.41, 5.74) is 4.50. The molecular weight excluding hydrogens is 338 g/mol. The Morgan fingerprint density at radius 2 is 2.00 bits per heavy atom. The zero-order valence-electron chi connectivity index (χ0n) is 14.4. The molecule has 0 radical (unpaired) electrons. The van der Waals surface area contributed by atoms with Crippen LogP contribution >= 0.6 is 0 Å². The highest BCUT2D eigenvalue weighted by atomic mass is 16.7. The quantitative estimate of drug-likeness (QED) is 0.119. The summed E-state index contributed by atoms with van der Waals surface area (Å²) in [5.74, 6) is -1.60. The van der Waals surface area contributed by atoms with Crippen molar-refractivity contribution in [1.29, 1.82) is 0 Å². The van der Waals surface area contributed by atoms with Crippen molar-refractivity contribution in [2.24, 2.45) is 10.8 Å². The minimum absolute atomic E-state index is 0.176. The van der Waals surface area contributed by atoms with E-state index in [1.165, 1.54) is 0 Å². The van der Waals surface area contributed by atoms with Crippen molar-refractivity contribution in [2.75, 3.05) is 6.54 Å². The molecule has 0 aliphatic carbocycles. The topological polar surface area (TPSA) is 189 Å². The van der Waals surface area contributed by atoms with Crippen LogP contribution in [0.2, 0.25) is 0 Å². The number of alkyl carbamates (subject to hydrolysis) is 1. The number of rotatable bonds is 9. The number of hydrogen-bond acceptors (Lipinski definition) is 6. The SMILES string of the molecule is CC(C)(C)OC(=O)NC(CCCNC(N)=N[N+](=O)[O-])C(O)CC(=O)O. The molecule has 0 fully saturated rings. The second-order valence-electron chi connectivity index (χ2n) is 6.21. The normalized spacial score (nSPS) is 14.3. The number of nitrogens with one attached hydrogen (secondary N) is 2. The average molecular weight is 363 g/mol. The number of nitrogens with zero attached hydrogens (tertiary/aromatic N) is 2. The molecule has 0 aliphatic rings. The van der Waals surface area contributed by atoms with Crippen molar-refractivity contribution in [3.8, 4) is 0 Å². The molecule has 1 amide bonds. The molecule has 144 valence electrons. The lowest BCUT2D eigenvalue weighted by atomic mass is 10.0. The van der Waals surface area contributed by atoms with E-state index < -0.39 is 41.3 Å². The van der Waals surface area contributed by atoms with Crippen LogP contribution in [-0.2, 0) is 9.53 Å². The van der Waals surface area contributed by atoms with E-state index in [1.54, 1.807) is 20.8 Å². The molecule has 6 N–H and O–H groups in total. The Morgan fingerprint density at radius 1 is 1.40 bits per heavy atom. The van der Waals surface area contributed by atoms with Gasteiger partial charge in [0.25, 0.3) is 5.96 Å². The molecule has 0 bridgehead atoms. The molecule has 0 aliphatic heterocycles. The monoisotopic (exact) mass is 363 g/mol. The van der Waals surface area contributed by atoms with Crippen molar-refractivity contribution < 1.29 is 29.6 Å². The van der Waals surface area contributed by atoms with Crippen LogP contribution in [0.5, 0.6) is 0 Å². The number of aliphatic hydroxyl groups excluding tert-OH is 1. The number of carboxylic acids is 1. The van der Waals surface area contributed by atoms with E-state index in [2.05, 4.69) is 15.7 Å². The van der Waals surface area contributed by atoms with Crippen LogP contribution in [0.15, 0.2) is 5.10 Å². The van der Waals surface area contributed by atoms with Gasteiger partial charge in [0, 0.05) is 6.54 Å². The fraction of sp³-hybridized carbons (Fsp3) is 0.769. The minimum atomic E-state index is -1.32. The Kier molecular flexibility index (Phi) is 9.20. The van der Waals surface area contributed by atoms with Crippen LogP contribution in [0.4, 0.5) is 4.79 Å². The summed E-state index contributed by atoms with van der Waals surface area (Å²) in [6, 6.07) is -0.874. The predicted octanol–water partition coefficient (Wildman–Crippen LogP) is -0.408. The van der Waals surface area contributed by atoms with Gasteiger partial charge >= 0.3 is 12.1 Å². The molecule has 0 saturated carbocycles. The molecule has 2 unspecified atom stereocenters. The summed E-state index contributed by atoms with van der Waals surface area (Å²) in [7, 11) is 0.